The molecule has 1 aliphatic rings. The highest BCUT2D eigenvalue weighted by atomic mass is 16.5. The van der Waals surface area contributed by atoms with Gasteiger partial charge in [0.2, 0.25) is 5.91 Å². The molecule has 1 aromatic carbocycles. The van der Waals surface area contributed by atoms with Crippen LogP contribution in [0.3, 0.4) is 0 Å². The fourth-order valence-electron chi connectivity index (χ4n) is 4.52. The molecular formula is C25H30N8O3. The lowest BCUT2D eigenvalue weighted by atomic mass is 10.1. The monoisotopic (exact) mass is 490 g/mol. The highest BCUT2D eigenvalue weighted by Gasteiger charge is 2.25. The number of benzene rings is 1. The summed E-state index contributed by atoms with van der Waals surface area (Å²) in [6.07, 6.45) is 0. The Kier molecular flexibility index (Phi) is 6.57. The van der Waals surface area contributed by atoms with Crippen LogP contribution in [0.2, 0.25) is 0 Å². The first-order chi connectivity index (χ1) is 17.4. The molecule has 0 saturated carbocycles. The van der Waals surface area contributed by atoms with Crippen molar-refractivity contribution in [1.82, 2.24) is 35.5 Å². The molecule has 0 bridgehead atoms. The molecule has 0 aliphatic carbocycles. The minimum absolute atomic E-state index is 0.198. The zero-order valence-corrected chi connectivity index (χ0v) is 20.4. The maximum atomic E-state index is 13.2. The van der Waals surface area contributed by atoms with Gasteiger partial charge < -0.3 is 31.1 Å². The number of anilines is 1. The SMILES string of the molecule is CCNC(=O)C(CN1CCOCC1)NC(=O)c1ccc2[nH]c(-c3cc(N)nc4[nH]c(C)nc34)cc2c1. The first-order valence-electron chi connectivity index (χ1n) is 12.1. The van der Waals surface area contributed by atoms with Crippen LogP contribution in [0.4, 0.5) is 5.82 Å². The number of nitrogens with two attached hydrogens (primary N) is 1. The first-order valence-corrected chi connectivity index (χ1v) is 12.1. The van der Waals surface area contributed by atoms with Crippen molar-refractivity contribution in [3.05, 3.63) is 41.7 Å². The van der Waals surface area contributed by atoms with Gasteiger partial charge in [-0.25, -0.2) is 9.97 Å². The number of nitrogen functional groups attached to an aromatic ring is 1. The second-order valence-corrected chi connectivity index (χ2v) is 8.93. The molecule has 11 nitrogen and oxygen atoms in total. The maximum Gasteiger partial charge on any atom is 0.251 e. The van der Waals surface area contributed by atoms with Crippen LogP contribution in [0, 0.1) is 6.92 Å². The smallest absolute Gasteiger partial charge is 0.251 e. The molecule has 1 saturated heterocycles. The Hall–Kier alpha value is -3.96. The predicted octanol–water partition coefficient (Wildman–Crippen LogP) is 1.56. The van der Waals surface area contributed by atoms with Gasteiger partial charge in [0, 0.05) is 53.9 Å². The molecule has 1 fully saturated rings. The summed E-state index contributed by atoms with van der Waals surface area (Å²) in [5.74, 6) is 0.633. The summed E-state index contributed by atoms with van der Waals surface area (Å²) in [6.45, 7) is 7.35. The molecule has 1 unspecified atom stereocenters. The minimum Gasteiger partial charge on any atom is -0.384 e. The molecule has 0 spiro atoms. The third-order valence-electron chi connectivity index (χ3n) is 6.28. The van der Waals surface area contributed by atoms with Crippen molar-refractivity contribution in [3.63, 3.8) is 0 Å². The molecule has 36 heavy (non-hydrogen) atoms. The highest BCUT2D eigenvalue weighted by Crippen LogP contribution is 2.30. The van der Waals surface area contributed by atoms with Crippen LogP contribution in [0.25, 0.3) is 33.3 Å². The van der Waals surface area contributed by atoms with Crippen molar-refractivity contribution >= 4 is 39.7 Å². The topological polar surface area (TPSA) is 154 Å². The number of aromatic nitrogens is 4. The lowest BCUT2D eigenvalue weighted by molar-refractivity contribution is -0.123. The van der Waals surface area contributed by atoms with Gasteiger partial charge in [0.15, 0.2) is 5.65 Å². The number of aromatic amines is 2. The zero-order valence-electron chi connectivity index (χ0n) is 20.4. The second kappa shape index (κ2) is 9.96. The zero-order chi connectivity index (χ0) is 25.2. The summed E-state index contributed by atoms with van der Waals surface area (Å²) in [5.41, 5.74) is 10.3. The number of amides is 2. The van der Waals surface area contributed by atoms with Gasteiger partial charge in [0.05, 0.1) is 13.2 Å². The van der Waals surface area contributed by atoms with E-state index >= 15 is 0 Å². The van der Waals surface area contributed by atoms with Gasteiger partial charge in [0.25, 0.3) is 5.91 Å². The van der Waals surface area contributed by atoms with Crippen LogP contribution >= 0.6 is 0 Å². The van der Waals surface area contributed by atoms with Crippen molar-refractivity contribution < 1.29 is 14.3 Å². The van der Waals surface area contributed by atoms with Crippen LogP contribution in [0.1, 0.15) is 23.1 Å². The van der Waals surface area contributed by atoms with E-state index in [4.69, 9.17) is 10.5 Å². The molecule has 5 rings (SSSR count). The second-order valence-electron chi connectivity index (χ2n) is 8.93. The van der Waals surface area contributed by atoms with Gasteiger partial charge in [-0.15, -0.1) is 0 Å². The van der Waals surface area contributed by atoms with Gasteiger partial charge in [-0.2, -0.15) is 0 Å². The lowest BCUT2D eigenvalue weighted by Crippen LogP contribution is -2.54. The highest BCUT2D eigenvalue weighted by molar-refractivity contribution is 6.02. The van der Waals surface area contributed by atoms with Crippen LogP contribution in [-0.4, -0.2) is 82.1 Å². The number of pyridine rings is 1. The molecule has 188 valence electrons. The van der Waals surface area contributed by atoms with E-state index in [0.29, 0.717) is 43.3 Å². The number of H-pyrrole nitrogens is 2. The van der Waals surface area contributed by atoms with Gasteiger partial charge in [0.1, 0.15) is 23.2 Å². The van der Waals surface area contributed by atoms with E-state index in [1.54, 1.807) is 12.1 Å². The van der Waals surface area contributed by atoms with E-state index in [1.165, 1.54) is 0 Å². The Labute approximate surface area is 207 Å². The Morgan fingerprint density at radius 2 is 1.97 bits per heavy atom. The van der Waals surface area contributed by atoms with Crippen molar-refractivity contribution in [3.8, 4) is 11.3 Å². The maximum absolute atomic E-state index is 13.2. The summed E-state index contributed by atoms with van der Waals surface area (Å²) in [5, 5.41) is 6.60. The number of aryl methyl sites for hydroxylation is 1. The number of imidazole rings is 1. The number of carbonyl (C=O) groups excluding carboxylic acids is 2. The fraction of sp³-hybridized carbons (Fsp3) is 0.360. The normalized spacial score (nSPS) is 15.3. The molecule has 1 atom stereocenters. The molecule has 2 amide bonds. The lowest BCUT2D eigenvalue weighted by Gasteiger charge is -2.30. The summed E-state index contributed by atoms with van der Waals surface area (Å²) >= 11 is 0. The minimum atomic E-state index is -0.663. The van der Waals surface area contributed by atoms with Crippen LogP contribution in [0.15, 0.2) is 30.3 Å². The molecule has 6 N–H and O–H groups in total. The number of morpholine rings is 1. The van der Waals surface area contributed by atoms with Crippen molar-refractivity contribution in [2.45, 2.75) is 19.9 Å². The van der Waals surface area contributed by atoms with E-state index < -0.39 is 6.04 Å². The molecule has 4 aromatic rings. The predicted molar refractivity (Wildman–Crippen MR) is 138 cm³/mol. The number of nitrogens with one attached hydrogen (secondary N) is 4. The molecule has 0 radical (unpaired) electrons. The summed E-state index contributed by atoms with van der Waals surface area (Å²) < 4.78 is 5.40. The Bertz CT molecular complexity index is 1420. The average molecular weight is 491 g/mol. The van der Waals surface area contributed by atoms with Gasteiger partial charge >= 0.3 is 0 Å². The molecule has 11 heteroatoms. The number of hydrogen-bond acceptors (Lipinski definition) is 7. The van der Waals surface area contributed by atoms with E-state index in [9.17, 15) is 9.59 Å². The fourth-order valence-corrected chi connectivity index (χ4v) is 4.52. The first kappa shape index (κ1) is 23.8. The number of rotatable bonds is 7. The van der Waals surface area contributed by atoms with E-state index in [-0.39, 0.29) is 11.8 Å². The number of hydrogen-bond donors (Lipinski definition) is 5. The quantitative estimate of drug-likeness (QED) is 0.263. The van der Waals surface area contributed by atoms with E-state index in [0.717, 1.165) is 46.6 Å². The summed E-state index contributed by atoms with van der Waals surface area (Å²) in [6, 6.07) is 8.49. The van der Waals surface area contributed by atoms with Crippen molar-refractivity contribution in [1.29, 1.82) is 0 Å². The molecule has 4 heterocycles. The number of fused-ring (bicyclic) bond motifs is 2. The van der Waals surface area contributed by atoms with Crippen LogP contribution in [-0.2, 0) is 9.53 Å². The molecule has 1 aliphatic heterocycles. The number of likely N-dealkylation sites (N-methyl/N-ethyl adjacent to an activating group) is 1. The van der Waals surface area contributed by atoms with Gasteiger partial charge in [-0.3, -0.25) is 14.5 Å². The summed E-state index contributed by atoms with van der Waals surface area (Å²) in [4.78, 5) is 43.4. The third kappa shape index (κ3) is 4.88. The Morgan fingerprint density at radius 1 is 1.17 bits per heavy atom. The number of nitrogens with zero attached hydrogens (tertiary/aromatic N) is 3. The standard InChI is InChI=1S/C25H30N8O3/c1-3-27-25(35)20(13-33-6-8-36-9-7-33)31-24(34)15-4-5-18-16(10-15)11-19(30-18)17-12-21(26)32-23-22(17)28-14(2)29-23/h4-5,10-12,20,30H,3,6-9,13H2,1-2H3,(H,27,35)(H,31,34)(H3,26,28,29,32). The summed E-state index contributed by atoms with van der Waals surface area (Å²) in [7, 11) is 0. The van der Waals surface area contributed by atoms with E-state index in [2.05, 4.69) is 35.5 Å². The Morgan fingerprint density at radius 3 is 2.75 bits per heavy atom. The van der Waals surface area contributed by atoms with Gasteiger partial charge in [-0.05, 0) is 44.2 Å². The van der Waals surface area contributed by atoms with Crippen LogP contribution < -0.4 is 16.4 Å². The van der Waals surface area contributed by atoms with Crippen LogP contribution in [0.5, 0.6) is 0 Å². The van der Waals surface area contributed by atoms with Crippen molar-refractivity contribution in [2.24, 2.45) is 0 Å². The molecular weight excluding hydrogens is 460 g/mol. The van der Waals surface area contributed by atoms with E-state index in [1.807, 2.05) is 32.0 Å². The average Bonchev–Trinajstić information content (AvgIpc) is 3.45. The number of ether oxygens (including phenoxy) is 1. The largest absolute Gasteiger partial charge is 0.384 e. The van der Waals surface area contributed by atoms with Crippen molar-refractivity contribution in [2.75, 3.05) is 45.1 Å². The number of carbonyl (C=O) groups is 2. The Balaban J connectivity index is 1.40. The molecule has 3 aromatic heterocycles. The third-order valence-corrected chi connectivity index (χ3v) is 6.28. The van der Waals surface area contributed by atoms with Gasteiger partial charge in [-0.1, -0.05) is 0 Å².